The molecule has 0 radical (unpaired) electrons. The van der Waals surface area contributed by atoms with Crippen LogP contribution in [0.2, 0.25) is 0 Å². The summed E-state index contributed by atoms with van der Waals surface area (Å²) in [4.78, 5) is 47.1. The normalized spacial score (nSPS) is 12.0. The molecule has 0 saturated heterocycles. The average molecular weight is 1080 g/mol. The highest BCUT2D eigenvalue weighted by Gasteiger charge is 2.32. The lowest BCUT2D eigenvalue weighted by Gasteiger charge is -2.25. The molecule has 0 aliphatic carbocycles. The predicted octanol–water partition coefficient (Wildman–Crippen LogP) is 15.1. The Morgan fingerprint density at radius 2 is 0.585 bits per heavy atom. The number of nitrogens with zero attached hydrogens (tertiary/aromatic N) is 6. The summed E-state index contributed by atoms with van der Waals surface area (Å²) in [5, 5.41) is 7.57. The first-order valence-corrected chi connectivity index (χ1v) is 27.1. The lowest BCUT2D eigenvalue weighted by atomic mass is 9.84. The number of nitrogens with one attached hydrogen (secondary N) is 2. The first kappa shape index (κ1) is 48.5. The van der Waals surface area contributed by atoms with Gasteiger partial charge in [-0.3, -0.25) is 18.4 Å². The molecule has 15 rings (SSSR count). The van der Waals surface area contributed by atoms with Gasteiger partial charge in [0.2, 0.25) is 0 Å². The summed E-state index contributed by atoms with van der Waals surface area (Å²) in [6, 6.07) is 55.2. The Bertz CT molecular complexity index is 4850. The largest absolute Gasteiger partial charge is 0.457 e. The number of para-hydroxylation sites is 4. The van der Waals surface area contributed by atoms with Crippen LogP contribution in [0.3, 0.4) is 0 Å². The quantitative estimate of drug-likeness (QED) is 0.0903. The Hall–Kier alpha value is -10.6. The monoisotopic (exact) mass is 1080 g/mol. The zero-order chi connectivity index (χ0) is 56.0. The fourth-order valence-corrected chi connectivity index (χ4v) is 12.2. The number of hydrogen-bond acceptors (Lipinski definition) is 10. The molecular weight excluding hydrogens is 1020 g/mol. The van der Waals surface area contributed by atoms with Crippen molar-refractivity contribution in [2.24, 2.45) is 0 Å². The predicted molar refractivity (Wildman–Crippen MR) is 335 cm³/mol. The summed E-state index contributed by atoms with van der Waals surface area (Å²) in [7, 11) is 16.0. The molecule has 82 heavy (non-hydrogen) atoms. The third-order valence-electron chi connectivity index (χ3n) is 16.1. The molecule has 14 heteroatoms. The number of pyridine rings is 2. The Balaban J connectivity index is 1.20. The number of ether oxygens (including phenoxy) is 4. The van der Waals surface area contributed by atoms with E-state index >= 15 is 9.59 Å². The van der Waals surface area contributed by atoms with Crippen LogP contribution in [0.4, 0.5) is 22.7 Å². The van der Waals surface area contributed by atoms with Gasteiger partial charge in [0.15, 0.2) is 0 Å². The molecule has 14 nitrogen and oxygen atoms in total. The van der Waals surface area contributed by atoms with E-state index < -0.39 is 0 Å². The zero-order valence-corrected chi connectivity index (χ0v) is 46.3. The SMILES string of the molecule is CN(C)c1ccc(Oc2cc3c(=O)n4c5ccccc5[nH]c4c4cc(Oc5ccc(N(C)C)cc5)c5c6c(Oc7ccc(N(C)C)cc7)cc7c8c(cc(Oc9ccc(N(C)C)cc9)c(c2c5c34)c68)c(=O)n2c3ccccc3[nH]c72)cc1. The van der Waals surface area contributed by atoms with Gasteiger partial charge < -0.3 is 48.5 Å². The summed E-state index contributed by atoms with van der Waals surface area (Å²) in [6.07, 6.45) is 0. The topological polar surface area (TPSA) is 124 Å². The van der Waals surface area contributed by atoms with E-state index in [2.05, 4.69) is 9.97 Å². The fourth-order valence-electron chi connectivity index (χ4n) is 12.2. The number of rotatable bonds is 12. The number of H-pyrrole nitrogens is 2. The lowest BCUT2D eigenvalue weighted by molar-refractivity contribution is 0.483. The van der Waals surface area contributed by atoms with E-state index in [-0.39, 0.29) is 11.1 Å². The van der Waals surface area contributed by atoms with Crippen molar-refractivity contribution >= 4 is 121 Å². The van der Waals surface area contributed by atoms with Gasteiger partial charge in [0, 0.05) is 133 Å². The van der Waals surface area contributed by atoms with Crippen LogP contribution in [-0.4, -0.2) is 75.2 Å². The molecule has 15 aromatic rings. The molecule has 0 spiro atoms. The van der Waals surface area contributed by atoms with Gasteiger partial charge in [-0.15, -0.1) is 0 Å². The minimum absolute atomic E-state index is 0.238. The molecule has 4 heterocycles. The molecule has 11 aromatic carbocycles. The van der Waals surface area contributed by atoms with Crippen LogP contribution in [0.1, 0.15) is 0 Å². The second kappa shape index (κ2) is 18.0. The maximum Gasteiger partial charge on any atom is 0.264 e. The van der Waals surface area contributed by atoms with Crippen molar-refractivity contribution in [2.45, 2.75) is 0 Å². The molecule has 0 atom stereocenters. The summed E-state index contributed by atoms with van der Waals surface area (Å²) < 4.78 is 32.8. The molecule has 0 aliphatic rings. The number of aromatic amines is 2. The van der Waals surface area contributed by atoms with E-state index in [4.69, 9.17) is 18.9 Å². The molecule has 0 fully saturated rings. The number of fused-ring (bicyclic) bond motifs is 10. The number of benzene rings is 11. The van der Waals surface area contributed by atoms with E-state index in [9.17, 15) is 0 Å². The Kier molecular flexibility index (Phi) is 10.6. The number of aromatic nitrogens is 4. The van der Waals surface area contributed by atoms with E-state index in [1.165, 1.54) is 0 Å². The van der Waals surface area contributed by atoms with Crippen LogP contribution in [-0.2, 0) is 0 Å². The highest BCUT2D eigenvalue weighted by atomic mass is 16.5. The van der Waals surface area contributed by atoms with E-state index in [1.54, 1.807) is 8.80 Å². The summed E-state index contributed by atoms with van der Waals surface area (Å²) in [5.74, 6) is 3.97. The van der Waals surface area contributed by atoms with Crippen LogP contribution in [0.25, 0.3) is 98.0 Å². The van der Waals surface area contributed by atoms with Gasteiger partial charge in [0.1, 0.15) is 57.3 Å². The Morgan fingerprint density at radius 3 is 0.866 bits per heavy atom. The maximum atomic E-state index is 15.8. The van der Waals surface area contributed by atoms with Crippen LogP contribution < -0.4 is 49.7 Å². The molecule has 2 N–H and O–H groups in total. The van der Waals surface area contributed by atoms with Gasteiger partial charge in [-0.05, 0) is 146 Å². The fraction of sp³-hybridized carbons (Fsp3) is 0.118. The standard InChI is InChI=1S/C68H54N8O6/c1-71(2)37-17-25-41(26-18-37)79-53-33-45-57-47(67(77)75-51-15-11-9-13-49(51)69-65(45)75)35-55(81-43-29-21-39(22-30-43)73(5)6)61-62-56(82-44-31-23-40(24-32-44)74(7)8)36-48-58-46(66-70-50-14-10-12-16-52(50)76(66)68(48)78)34-54(60(64(58)62)59(53)63(57)61)80-42-27-19-38(20-28-42)72(3)4/h9-36,69-70H,1-8H3. The van der Waals surface area contributed by atoms with Gasteiger partial charge in [0.05, 0.1) is 32.8 Å². The van der Waals surface area contributed by atoms with Crippen molar-refractivity contribution < 1.29 is 18.9 Å². The molecule has 0 aliphatic heterocycles. The first-order chi connectivity index (χ1) is 39.8. The smallest absolute Gasteiger partial charge is 0.264 e. The summed E-state index contributed by atoms with van der Waals surface area (Å²) >= 11 is 0. The molecule has 402 valence electrons. The second-order valence-corrected chi connectivity index (χ2v) is 21.9. The molecule has 4 aromatic heterocycles. The van der Waals surface area contributed by atoms with Gasteiger partial charge in [-0.1, -0.05) is 24.3 Å². The van der Waals surface area contributed by atoms with Crippen LogP contribution in [0.15, 0.2) is 179 Å². The molecule has 0 bridgehead atoms. The van der Waals surface area contributed by atoms with Crippen LogP contribution in [0, 0.1) is 0 Å². The van der Waals surface area contributed by atoms with Crippen molar-refractivity contribution in [3.63, 3.8) is 0 Å². The molecule has 0 unspecified atom stereocenters. The van der Waals surface area contributed by atoms with Crippen LogP contribution >= 0.6 is 0 Å². The number of hydrogen-bond donors (Lipinski definition) is 2. The summed E-state index contributed by atoms with van der Waals surface area (Å²) in [5.41, 5.74) is 7.71. The molecule has 0 saturated carbocycles. The summed E-state index contributed by atoms with van der Waals surface area (Å²) in [6.45, 7) is 0. The highest BCUT2D eigenvalue weighted by Crippen LogP contribution is 2.58. The highest BCUT2D eigenvalue weighted by molar-refractivity contribution is 6.45. The average Bonchev–Trinajstić information content (AvgIpc) is 4.31. The van der Waals surface area contributed by atoms with Crippen molar-refractivity contribution in [1.29, 1.82) is 0 Å². The molecular formula is C68H54N8O6. The van der Waals surface area contributed by atoms with Crippen molar-refractivity contribution in [3.8, 4) is 46.0 Å². The van der Waals surface area contributed by atoms with Gasteiger partial charge >= 0.3 is 0 Å². The Morgan fingerprint density at radius 1 is 0.317 bits per heavy atom. The van der Waals surface area contributed by atoms with Crippen molar-refractivity contribution in [1.82, 2.24) is 18.8 Å². The lowest BCUT2D eigenvalue weighted by Crippen LogP contribution is -2.15. The van der Waals surface area contributed by atoms with Crippen molar-refractivity contribution in [3.05, 3.63) is 191 Å². The first-order valence-electron chi connectivity index (χ1n) is 27.1. The van der Waals surface area contributed by atoms with Crippen molar-refractivity contribution in [2.75, 3.05) is 76.0 Å². The van der Waals surface area contributed by atoms with Gasteiger partial charge in [-0.2, -0.15) is 0 Å². The van der Waals surface area contributed by atoms with Gasteiger partial charge in [-0.25, -0.2) is 0 Å². The third-order valence-corrected chi connectivity index (χ3v) is 16.1. The van der Waals surface area contributed by atoms with Gasteiger partial charge in [0.25, 0.3) is 11.1 Å². The Labute approximate surface area is 468 Å². The number of anilines is 4. The maximum absolute atomic E-state index is 15.8. The van der Waals surface area contributed by atoms with E-state index in [0.29, 0.717) is 111 Å². The minimum atomic E-state index is -0.238. The third kappa shape index (κ3) is 7.27. The van der Waals surface area contributed by atoms with E-state index in [1.807, 2.05) is 246 Å². The molecule has 0 amide bonds. The minimum Gasteiger partial charge on any atom is -0.457 e. The zero-order valence-electron chi connectivity index (χ0n) is 46.3. The van der Waals surface area contributed by atoms with Crippen LogP contribution in [0.5, 0.6) is 46.0 Å². The second-order valence-electron chi connectivity index (χ2n) is 21.9. The number of imidazole rings is 2. The van der Waals surface area contributed by atoms with E-state index in [0.717, 1.165) is 55.6 Å².